The zero-order valence-corrected chi connectivity index (χ0v) is 10.5. The van der Waals surface area contributed by atoms with Gasteiger partial charge < -0.3 is 0 Å². The van der Waals surface area contributed by atoms with Gasteiger partial charge in [-0.2, -0.15) is 0 Å². The predicted octanol–water partition coefficient (Wildman–Crippen LogP) is 4.95. The monoisotopic (exact) mass is 206 g/mol. The average Bonchev–Trinajstić information content (AvgIpc) is 2.81. The molecule has 0 aromatic heterocycles. The Balaban J connectivity index is 1.67. The molecule has 15 heavy (non-hydrogen) atoms. The highest BCUT2D eigenvalue weighted by Gasteiger charge is 2.59. The molecule has 0 amide bonds. The molecule has 0 saturated heterocycles. The van der Waals surface area contributed by atoms with Crippen LogP contribution in [0.3, 0.4) is 0 Å². The Labute approximate surface area is 95.1 Å². The number of hydrogen-bond acceptors (Lipinski definition) is 0. The van der Waals surface area contributed by atoms with Crippen LogP contribution in [0, 0.1) is 17.3 Å². The SMILES string of the molecule is C=C(C)CCCCC12CCC(CC)C1C2. The Morgan fingerprint density at radius 1 is 1.40 bits per heavy atom. The van der Waals surface area contributed by atoms with Crippen LogP contribution in [-0.2, 0) is 0 Å². The first-order valence-corrected chi connectivity index (χ1v) is 6.82. The van der Waals surface area contributed by atoms with Crippen molar-refractivity contribution >= 4 is 0 Å². The molecule has 3 atom stereocenters. The van der Waals surface area contributed by atoms with E-state index < -0.39 is 0 Å². The van der Waals surface area contributed by atoms with Crippen LogP contribution in [-0.4, -0.2) is 0 Å². The van der Waals surface area contributed by atoms with Gasteiger partial charge in [-0.1, -0.05) is 25.3 Å². The molecule has 0 N–H and O–H groups in total. The van der Waals surface area contributed by atoms with Gasteiger partial charge in [-0.3, -0.25) is 0 Å². The smallest absolute Gasteiger partial charge is 0.0263 e. The van der Waals surface area contributed by atoms with E-state index in [4.69, 9.17) is 0 Å². The summed E-state index contributed by atoms with van der Waals surface area (Å²) in [4.78, 5) is 0. The normalized spacial score (nSPS) is 37.7. The van der Waals surface area contributed by atoms with E-state index in [0.29, 0.717) is 0 Å². The second-order valence-electron chi connectivity index (χ2n) is 6.04. The minimum Gasteiger partial charge on any atom is -0.100 e. The molecule has 0 nitrogen and oxygen atoms in total. The number of hydrogen-bond donors (Lipinski definition) is 0. The Bertz CT molecular complexity index is 240. The third-order valence-electron chi connectivity index (χ3n) is 4.89. The van der Waals surface area contributed by atoms with E-state index in [1.165, 1.54) is 44.1 Å². The van der Waals surface area contributed by atoms with Crippen LogP contribution in [0.4, 0.5) is 0 Å². The molecule has 3 unspecified atom stereocenters. The number of rotatable bonds is 6. The largest absolute Gasteiger partial charge is 0.100 e. The fourth-order valence-electron chi connectivity index (χ4n) is 3.81. The summed E-state index contributed by atoms with van der Waals surface area (Å²) in [5.74, 6) is 2.22. The lowest BCUT2D eigenvalue weighted by molar-refractivity contribution is 0.418. The molecule has 0 heterocycles. The lowest BCUT2D eigenvalue weighted by Crippen LogP contribution is -1.99. The molecule has 2 rings (SSSR count). The first kappa shape index (κ1) is 11.2. The van der Waals surface area contributed by atoms with E-state index in [0.717, 1.165) is 17.3 Å². The van der Waals surface area contributed by atoms with E-state index in [2.05, 4.69) is 20.4 Å². The predicted molar refractivity (Wildman–Crippen MR) is 66.8 cm³/mol. The number of fused-ring (bicyclic) bond motifs is 1. The van der Waals surface area contributed by atoms with Gasteiger partial charge in [0.15, 0.2) is 0 Å². The van der Waals surface area contributed by atoms with Gasteiger partial charge in [-0.05, 0) is 62.7 Å². The summed E-state index contributed by atoms with van der Waals surface area (Å²) in [6.07, 6.45) is 11.7. The summed E-state index contributed by atoms with van der Waals surface area (Å²) in [7, 11) is 0. The first-order chi connectivity index (χ1) is 7.18. The Hall–Kier alpha value is -0.260. The van der Waals surface area contributed by atoms with Gasteiger partial charge in [0, 0.05) is 0 Å². The van der Waals surface area contributed by atoms with Crippen LogP contribution in [0.1, 0.15) is 65.2 Å². The summed E-state index contributed by atoms with van der Waals surface area (Å²) < 4.78 is 0. The van der Waals surface area contributed by atoms with Crippen molar-refractivity contribution in [1.29, 1.82) is 0 Å². The third-order valence-corrected chi connectivity index (χ3v) is 4.89. The van der Waals surface area contributed by atoms with Crippen LogP contribution >= 0.6 is 0 Å². The molecule has 0 aromatic rings. The summed E-state index contributed by atoms with van der Waals surface area (Å²) in [5, 5.41) is 0. The lowest BCUT2D eigenvalue weighted by Gasteiger charge is -2.10. The zero-order chi connectivity index (χ0) is 10.9. The number of allylic oxidation sites excluding steroid dienone is 1. The molecule has 2 aliphatic rings. The van der Waals surface area contributed by atoms with E-state index in [9.17, 15) is 0 Å². The fraction of sp³-hybridized carbons (Fsp3) is 0.867. The third kappa shape index (κ3) is 2.29. The van der Waals surface area contributed by atoms with Crippen LogP contribution in [0.25, 0.3) is 0 Å². The van der Waals surface area contributed by atoms with Gasteiger partial charge in [-0.25, -0.2) is 0 Å². The van der Waals surface area contributed by atoms with Gasteiger partial charge >= 0.3 is 0 Å². The van der Waals surface area contributed by atoms with Crippen LogP contribution in [0.15, 0.2) is 12.2 Å². The fourth-order valence-corrected chi connectivity index (χ4v) is 3.81. The minimum absolute atomic E-state index is 0.843. The van der Waals surface area contributed by atoms with E-state index in [-0.39, 0.29) is 0 Å². The minimum atomic E-state index is 0.843. The van der Waals surface area contributed by atoms with Gasteiger partial charge in [0.05, 0.1) is 0 Å². The molecule has 0 spiro atoms. The van der Waals surface area contributed by atoms with E-state index in [1.54, 1.807) is 12.8 Å². The first-order valence-electron chi connectivity index (χ1n) is 6.82. The Kier molecular flexibility index (Phi) is 3.23. The highest BCUT2D eigenvalue weighted by atomic mass is 14.6. The van der Waals surface area contributed by atoms with Gasteiger partial charge in [0.25, 0.3) is 0 Å². The average molecular weight is 206 g/mol. The van der Waals surface area contributed by atoms with E-state index in [1.807, 2.05) is 0 Å². The maximum Gasteiger partial charge on any atom is -0.0263 e. The molecule has 0 heteroatoms. The van der Waals surface area contributed by atoms with Crippen molar-refractivity contribution in [2.24, 2.45) is 17.3 Å². The van der Waals surface area contributed by atoms with Crippen molar-refractivity contribution < 1.29 is 0 Å². The molecule has 2 aliphatic carbocycles. The Morgan fingerprint density at radius 3 is 2.73 bits per heavy atom. The number of unbranched alkanes of at least 4 members (excludes halogenated alkanes) is 1. The zero-order valence-electron chi connectivity index (χ0n) is 10.5. The summed E-state index contributed by atoms with van der Waals surface area (Å²) >= 11 is 0. The maximum absolute atomic E-state index is 3.98. The van der Waals surface area contributed by atoms with Gasteiger partial charge in [-0.15, -0.1) is 6.58 Å². The highest BCUT2D eigenvalue weighted by Crippen LogP contribution is 2.69. The van der Waals surface area contributed by atoms with Crippen molar-refractivity contribution in [1.82, 2.24) is 0 Å². The van der Waals surface area contributed by atoms with Crippen LogP contribution in [0.2, 0.25) is 0 Å². The molecule has 0 radical (unpaired) electrons. The molecule has 86 valence electrons. The highest BCUT2D eigenvalue weighted by molar-refractivity contribution is 5.09. The maximum atomic E-state index is 3.98. The molecular weight excluding hydrogens is 180 g/mol. The van der Waals surface area contributed by atoms with Crippen molar-refractivity contribution in [2.45, 2.75) is 65.2 Å². The van der Waals surface area contributed by atoms with Crippen LogP contribution < -0.4 is 0 Å². The van der Waals surface area contributed by atoms with Crippen LogP contribution in [0.5, 0.6) is 0 Å². The van der Waals surface area contributed by atoms with Crippen molar-refractivity contribution in [3.63, 3.8) is 0 Å². The molecule has 0 aliphatic heterocycles. The molecule has 2 fully saturated rings. The van der Waals surface area contributed by atoms with Gasteiger partial charge in [0.2, 0.25) is 0 Å². The second kappa shape index (κ2) is 4.31. The van der Waals surface area contributed by atoms with Crippen molar-refractivity contribution in [3.05, 3.63) is 12.2 Å². The molecule has 2 saturated carbocycles. The second-order valence-corrected chi connectivity index (χ2v) is 6.04. The van der Waals surface area contributed by atoms with E-state index >= 15 is 0 Å². The van der Waals surface area contributed by atoms with Crippen molar-refractivity contribution in [2.75, 3.05) is 0 Å². The molecular formula is C15H26. The summed E-state index contributed by atoms with van der Waals surface area (Å²) in [6.45, 7) is 8.51. The quantitative estimate of drug-likeness (QED) is 0.426. The van der Waals surface area contributed by atoms with Crippen molar-refractivity contribution in [3.8, 4) is 0 Å². The topological polar surface area (TPSA) is 0 Å². The summed E-state index contributed by atoms with van der Waals surface area (Å²) in [5.41, 5.74) is 2.20. The standard InChI is InChI=1S/C15H26/c1-4-13-8-10-15(11-14(13)15)9-6-5-7-12(2)3/h13-14H,2,4-11H2,1,3H3. The van der Waals surface area contributed by atoms with Gasteiger partial charge in [0.1, 0.15) is 0 Å². The summed E-state index contributed by atoms with van der Waals surface area (Å²) in [6, 6.07) is 0. The molecule has 0 aromatic carbocycles. The Morgan fingerprint density at radius 2 is 2.20 bits per heavy atom. The lowest BCUT2D eigenvalue weighted by atomic mass is 9.95. The molecule has 0 bridgehead atoms.